The molecular weight excluding hydrogens is 298 g/mol. The van der Waals surface area contributed by atoms with Crippen molar-refractivity contribution in [1.29, 1.82) is 0 Å². The van der Waals surface area contributed by atoms with E-state index in [1.807, 2.05) is 20.1 Å². The molecule has 0 aromatic heterocycles. The van der Waals surface area contributed by atoms with Crippen molar-refractivity contribution in [3.63, 3.8) is 0 Å². The van der Waals surface area contributed by atoms with Gasteiger partial charge in [0, 0.05) is 0 Å². The first-order chi connectivity index (χ1) is 9.27. The summed E-state index contributed by atoms with van der Waals surface area (Å²) in [6.45, 7) is 3.70. The van der Waals surface area contributed by atoms with E-state index in [4.69, 9.17) is 5.11 Å². The predicted molar refractivity (Wildman–Crippen MR) is 80.7 cm³/mol. The van der Waals surface area contributed by atoms with Crippen molar-refractivity contribution in [2.45, 2.75) is 31.2 Å². The van der Waals surface area contributed by atoms with Crippen molar-refractivity contribution in [1.82, 2.24) is 4.72 Å². The smallest absolute Gasteiger partial charge is 0.321 e. The second kappa shape index (κ2) is 7.10. The Morgan fingerprint density at radius 2 is 2.00 bits per heavy atom. The molecule has 5 nitrogen and oxygen atoms in total. The predicted octanol–water partition coefficient (Wildman–Crippen LogP) is 1.79. The number of sulfonamides is 1. The van der Waals surface area contributed by atoms with Crippen LogP contribution in [0.4, 0.5) is 0 Å². The van der Waals surface area contributed by atoms with Crippen molar-refractivity contribution < 1.29 is 18.3 Å². The van der Waals surface area contributed by atoms with Crippen LogP contribution in [0.25, 0.3) is 0 Å². The molecule has 0 heterocycles. The molecule has 2 N–H and O–H groups in total. The van der Waals surface area contributed by atoms with E-state index in [1.54, 1.807) is 12.1 Å². The quantitative estimate of drug-likeness (QED) is 0.801. The van der Waals surface area contributed by atoms with E-state index in [1.165, 1.54) is 17.8 Å². The zero-order valence-corrected chi connectivity index (χ0v) is 13.3. The van der Waals surface area contributed by atoms with E-state index >= 15 is 0 Å². The lowest BCUT2D eigenvalue weighted by Gasteiger charge is -2.15. The standard InChI is InChI=1S/C13H19NO4S2/c1-9-4-5-11(8-10(9)2)20(17,18)14-12(13(15)16)6-7-19-3/h4-5,8,12,14H,6-7H2,1-3H3,(H,15,16). The molecule has 7 heteroatoms. The Labute approximate surface area is 123 Å². The fourth-order valence-corrected chi connectivity index (χ4v) is 3.38. The lowest BCUT2D eigenvalue weighted by Crippen LogP contribution is -2.41. The average Bonchev–Trinajstić information content (AvgIpc) is 2.37. The summed E-state index contributed by atoms with van der Waals surface area (Å²) >= 11 is 1.48. The summed E-state index contributed by atoms with van der Waals surface area (Å²) in [6.07, 6.45) is 2.09. The molecule has 112 valence electrons. The first-order valence-corrected chi connectivity index (χ1v) is 8.97. The van der Waals surface area contributed by atoms with Crippen LogP contribution >= 0.6 is 11.8 Å². The molecule has 1 aromatic carbocycles. The first-order valence-electron chi connectivity index (χ1n) is 6.09. The molecular formula is C13H19NO4S2. The van der Waals surface area contributed by atoms with Crippen LogP contribution in [0.2, 0.25) is 0 Å². The van der Waals surface area contributed by atoms with E-state index in [9.17, 15) is 13.2 Å². The molecule has 20 heavy (non-hydrogen) atoms. The Morgan fingerprint density at radius 3 is 2.50 bits per heavy atom. The molecule has 1 unspecified atom stereocenters. The first kappa shape index (κ1) is 17.0. The molecule has 0 fully saturated rings. The maximum absolute atomic E-state index is 12.2. The minimum atomic E-state index is -3.81. The number of aryl methyl sites for hydroxylation is 2. The van der Waals surface area contributed by atoms with E-state index in [0.29, 0.717) is 5.75 Å². The highest BCUT2D eigenvalue weighted by molar-refractivity contribution is 7.98. The SMILES string of the molecule is CSCCC(NS(=O)(=O)c1ccc(C)c(C)c1)C(=O)O. The third-order valence-electron chi connectivity index (χ3n) is 2.99. The van der Waals surface area contributed by atoms with Gasteiger partial charge in [0.05, 0.1) is 4.90 Å². The molecule has 1 rings (SSSR count). The highest BCUT2D eigenvalue weighted by Crippen LogP contribution is 2.15. The Balaban J connectivity index is 2.97. The van der Waals surface area contributed by atoms with Crippen molar-refractivity contribution in [2.75, 3.05) is 12.0 Å². The summed E-state index contributed by atoms with van der Waals surface area (Å²) in [4.78, 5) is 11.2. The monoisotopic (exact) mass is 317 g/mol. The fraction of sp³-hybridized carbons (Fsp3) is 0.462. The maximum atomic E-state index is 12.2. The molecule has 0 spiro atoms. The number of nitrogens with one attached hydrogen (secondary N) is 1. The summed E-state index contributed by atoms with van der Waals surface area (Å²) < 4.78 is 26.6. The Morgan fingerprint density at radius 1 is 1.35 bits per heavy atom. The van der Waals surface area contributed by atoms with Gasteiger partial charge in [0.1, 0.15) is 6.04 Å². The van der Waals surface area contributed by atoms with E-state index < -0.39 is 22.0 Å². The van der Waals surface area contributed by atoms with Crippen LogP contribution in [0.15, 0.2) is 23.1 Å². The molecule has 1 atom stereocenters. The minimum absolute atomic E-state index is 0.0935. The van der Waals surface area contributed by atoms with Crippen LogP contribution in [0.1, 0.15) is 17.5 Å². The lowest BCUT2D eigenvalue weighted by atomic mass is 10.1. The number of aliphatic carboxylic acids is 1. The Kier molecular flexibility index (Phi) is 6.04. The van der Waals surface area contributed by atoms with Gasteiger partial charge >= 0.3 is 5.97 Å². The van der Waals surface area contributed by atoms with E-state index in [-0.39, 0.29) is 11.3 Å². The third-order valence-corrected chi connectivity index (χ3v) is 5.11. The van der Waals surface area contributed by atoms with Gasteiger partial charge in [-0.15, -0.1) is 0 Å². The molecule has 0 saturated carbocycles. The molecule has 0 bridgehead atoms. The van der Waals surface area contributed by atoms with E-state index in [0.717, 1.165) is 11.1 Å². The maximum Gasteiger partial charge on any atom is 0.321 e. The van der Waals surface area contributed by atoms with Crippen LogP contribution < -0.4 is 4.72 Å². The largest absolute Gasteiger partial charge is 0.480 e. The number of hydrogen-bond acceptors (Lipinski definition) is 4. The fourth-order valence-electron chi connectivity index (χ4n) is 1.60. The molecule has 0 saturated heterocycles. The number of benzene rings is 1. The summed E-state index contributed by atoms with van der Waals surface area (Å²) in [7, 11) is -3.81. The molecule has 0 aliphatic heterocycles. The Bertz CT molecular complexity index is 584. The molecule has 0 amide bonds. The highest BCUT2D eigenvalue weighted by atomic mass is 32.2. The van der Waals surface area contributed by atoms with Crippen molar-refractivity contribution >= 4 is 27.8 Å². The highest BCUT2D eigenvalue weighted by Gasteiger charge is 2.25. The van der Waals surface area contributed by atoms with Gasteiger partial charge in [0.2, 0.25) is 10.0 Å². The summed E-state index contributed by atoms with van der Waals surface area (Å²) in [5, 5.41) is 9.07. The van der Waals surface area contributed by atoms with Gasteiger partial charge in [-0.1, -0.05) is 6.07 Å². The molecule has 0 radical (unpaired) electrons. The topological polar surface area (TPSA) is 83.5 Å². The second-order valence-electron chi connectivity index (χ2n) is 4.54. The average molecular weight is 317 g/mol. The van der Waals surface area contributed by atoms with Gasteiger partial charge in [-0.2, -0.15) is 16.5 Å². The van der Waals surface area contributed by atoms with Crippen molar-refractivity contribution in [3.8, 4) is 0 Å². The van der Waals surface area contributed by atoms with Crippen LogP contribution in [0, 0.1) is 13.8 Å². The molecule has 1 aromatic rings. The third kappa shape index (κ3) is 4.50. The van der Waals surface area contributed by atoms with E-state index in [2.05, 4.69) is 4.72 Å². The summed E-state index contributed by atoms with van der Waals surface area (Å²) in [5.41, 5.74) is 1.84. The van der Waals surface area contributed by atoms with Crippen LogP contribution in [0.5, 0.6) is 0 Å². The van der Waals surface area contributed by atoms with Gasteiger partial charge in [0.15, 0.2) is 0 Å². The van der Waals surface area contributed by atoms with Gasteiger partial charge in [-0.05, 0) is 55.5 Å². The number of thioether (sulfide) groups is 1. The number of carboxylic acid groups (broad SMARTS) is 1. The van der Waals surface area contributed by atoms with Gasteiger partial charge in [-0.3, -0.25) is 4.79 Å². The minimum Gasteiger partial charge on any atom is -0.480 e. The number of hydrogen-bond donors (Lipinski definition) is 2. The number of carbonyl (C=O) groups is 1. The van der Waals surface area contributed by atoms with Gasteiger partial charge in [0.25, 0.3) is 0 Å². The van der Waals surface area contributed by atoms with Gasteiger partial charge < -0.3 is 5.11 Å². The zero-order chi connectivity index (χ0) is 15.3. The molecule has 0 aliphatic rings. The Hall–Kier alpha value is -1.05. The van der Waals surface area contributed by atoms with Crippen molar-refractivity contribution in [2.24, 2.45) is 0 Å². The normalized spacial score (nSPS) is 13.2. The van der Waals surface area contributed by atoms with Crippen LogP contribution in [0.3, 0.4) is 0 Å². The van der Waals surface area contributed by atoms with Crippen LogP contribution in [-0.4, -0.2) is 37.5 Å². The summed E-state index contributed by atoms with van der Waals surface area (Å²) in [5.74, 6) is -0.585. The van der Waals surface area contributed by atoms with Gasteiger partial charge in [-0.25, -0.2) is 8.42 Å². The number of carboxylic acids is 1. The molecule has 0 aliphatic carbocycles. The zero-order valence-electron chi connectivity index (χ0n) is 11.7. The second-order valence-corrected chi connectivity index (χ2v) is 7.24. The summed E-state index contributed by atoms with van der Waals surface area (Å²) in [6, 6.07) is 3.64. The van der Waals surface area contributed by atoms with Crippen molar-refractivity contribution in [3.05, 3.63) is 29.3 Å². The van der Waals surface area contributed by atoms with Crippen LogP contribution in [-0.2, 0) is 14.8 Å². The lowest BCUT2D eigenvalue weighted by molar-refractivity contribution is -0.139. The number of rotatable bonds is 7.